The van der Waals surface area contributed by atoms with E-state index in [2.05, 4.69) is 0 Å². The Bertz CT molecular complexity index is 508. The first-order valence-corrected chi connectivity index (χ1v) is 5.17. The fourth-order valence-electron chi connectivity index (χ4n) is 1.29. The summed E-state index contributed by atoms with van der Waals surface area (Å²) < 4.78 is 25.7. The number of halogens is 2. The van der Waals surface area contributed by atoms with Crippen LogP contribution in [-0.4, -0.2) is 29.8 Å². The Balaban J connectivity index is 2.89. The van der Waals surface area contributed by atoms with Gasteiger partial charge < -0.3 is 16.8 Å². The van der Waals surface area contributed by atoms with Crippen LogP contribution >= 0.6 is 0 Å². The van der Waals surface area contributed by atoms with Crippen molar-refractivity contribution in [3.8, 4) is 0 Å². The van der Waals surface area contributed by atoms with E-state index in [4.69, 9.17) is 11.5 Å². The van der Waals surface area contributed by atoms with Gasteiger partial charge in [0, 0.05) is 6.07 Å². The van der Waals surface area contributed by atoms with Gasteiger partial charge in [-0.1, -0.05) is 6.07 Å². The van der Waals surface area contributed by atoms with Crippen molar-refractivity contribution < 1.29 is 18.5 Å². The molecule has 0 aromatic heterocycles. The van der Waals surface area contributed by atoms with Gasteiger partial charge in [0.1, 0.15) is 5.69 Å². The monoisotopic (exact) mass is 274 g/mol. The zero-order valence-corrected chi connectivity index (χ0v) is 9.73. The third-order valence-electron chi connectivity index (χ3n) is 2.33. The van der Waals surface area contributed by atoms with Crippen LogP contribution in [0.15, 0.2) is 18.2 Å². The molecule has 0 aliphatic rings. The van der Waals surface area contributed by atoms with Crippen LogP contribution in [0, 0.1) is 10.1 Å². The van der Waals surface area contributed by atoms with Crippen LogP contribution in [0.2, 0.25) is 0 Å². The lowest BCUT2D eigenvalue weighted by Gasteiger charge is -2.15. The highest BCUT2D eigenvalue weighted by Gasteiger charge is 2.28. The van der Waals surface area contributed by atoms with E-state index in [9.17, 15) is 23.7 Å². The van der Waals surface area contributed by atoms with Crippen LogP contribution in [0.4, 0.5) is 20.2 Å². The van der Waals surface area contributed by atoms with Crippen LogP contribution in [0.25, 0.3) is 0 Å². The summed E-state index contributed by atoms with van der Waals surface area (Å²) in [6.45, 7) is -1.89. The molecule has 0 fully saturated rings. The Labute approximate surface area is 106 Å². The Morgan fingerprint density at radius 1 is 1.47 bits per heavy atom. The molecule has 0 saturated carbocycles. The molecule has 7 nitrogen and oxygen atoms in total. The molecule has 0 heterocycles. The zero-order valence-electron chi connectivity index (χ0n) is 9.73. The lowest BCUT2D eigenvalue weighted by Crippen LogP contribution is -2.41. The third kappa shape index (κ3) is 3.58. The standard InChI is InChI=1S/C10H12F2N4O3/c11-10(12,4-13)5-15-9(17)6-2-1-3-7(8(6)14)16(18)19/h1-3H,4-5,13-14H2,(H,15,17). The van der Waals surface area contributed by atoms with E-state index in [1.807, 2.05) is 5.32 Å². The molecular formula is C10H12F2N4O3. The Kier molecular flexibility index (Phi) is 4.33. The van der Waals surface area contributed by atoms with Crippen molar-refractivity contribution in [3.63, 3.8) is 0 Å². The van der Waals surface area contributed by atoms with Crippen molar-refractivity contribution in [2.45, 2.75) is 5.92 Å². The van der Waals surface area contributed by atoms with Crippen LogP contribution in [0.1, 0.15) is 10.4 Å². The first-order valence-electron chi connectivity index (χ1n) is 5.17. The largest absolute Gasteiger partial charge is 0.393 e. The fraction of sp³-hybridized carbons (Fsp3) is 0.300. The van der Waals surface area contributed by atoms with E-state index in [0.29, 0.717) is 0 Å². The van der Waals surface area contributed by atoms with Gasteiger partial charge in [-0.25, -0.2) is 8.78 Å². The molecule has 104 valence electrons. The minimum absolute atomic E-state index is 0.234. The predicted molar refractivity (Wildman–Crippen MR) is 63.8 cm³/mol. The summed E-state index contributed by atoms with van der Waals surface area (Å²) in [6, 6.07) is 3.56. The molecule has 0 saturated heterocycles. The van der Waals surface area contributed by atoms with Crippen molar-refractivity contribution in [1.29, 1.82) is 0 Å². The zero-order chi connectivity index (χ0) is 14.6. The number of benzene rings is 1. The molecule has 1 rings (SSSR count). The van der Waals surface area contributed by atoms with Gasteiger partial charge >= 0.3 is 0 Å². The molecular weight excluding hydrogens is 262 g/mol. The van der Waals surface area contributed by atoms with Crippen molar-refractivity contribution in [1.82, 2.24) is 5.32 Å². The van der Waals surface area contributed by atoms with E-state index < -0.39 is 35.5 Å². The number of nitrogens with zero attached hydrogens (tertiary/aromatic N) is 1. The second-order valence-corrected chi connectivity index (χ2v) is 3.74. The first-order chi connectivity index (χ1) is 8.78. The molecule has 0 atom stereocenters. The average molecular weight is 274 g/mol. The second kappa shape index (κ2) is 5.57. The minimum Gasteiger partial charge on any atom is -0.393 e. The van der Waals surface area contributed by atoms with E-state index in [1.165, 1.54) is 12.1 Å². The van der Waals surface area contributed by atoms with E-state index in [0.717, 1.165) is 6.07 Å². The van der Waals surface area contributed by atoms with E-state index in [1.54, 1.807) is 0 Å². The summed E-state index contributed by atoms with van der Waals surface area (Å²) in [6.07, 6.45) is 0. The minimum atomic E-state index is -3.24. The van der Waals surface area contributed by atoms with Crippen LogP contribution in [0.3, 0.4) is 0 Å². The average Bonchev–Trinajstić information content (AvgIpc) is 2.36. The number of nitrogen functional groups attached to an aromatic ring is 1. The number of carbonyl (C=O) groups is 1. The highest BCUT2D eigenvalue weighted by atomic mass is 19.3. The Morgan fingerprint density at radius 2 is 2.11 bits per heavy atom. The summed E-state index contributed by atoms with van der Waals surface area (Å²) in [5.41, 5.74) is 9.18. The first kappa shape index (κ1) is 14.8. The summed E-state index contributed by atoms with van der Waals surface area (Å²) >= 11 is 0. The number of hydrogen-bond acceptors (Lipinski definition) is 5. The number of nitro benzene ring substituents is 1. The number of nitro groups is 1. The lowest BCUT2D eigenvalue weighted by atomic mass is 10.1. The molecule has 9 heteroatoms. The SMILES string of the molecule is NCC(F)(F)CNC(=O)c1cccc([N+](=O)[O-])c1N. The summed E-state index contributed by atoms with van der Waals surface area (Å²) in [5.74, 6) is -4.17. The van der Waals surface area contributed by atoms with Gasteiger partial charge in [0.25, 0.3) is 17.5 Å². The summed E-state index contributed by atoms with van der Waals surface area (Å²) in [7, 11) is 0. The lowest BCUT2D eigenvalue weighted by molar-refractivity contribution is -0.383. The van der Waals surface area contributed by atoms with Gasteiger partial charge in [-0.3, -0.25) is 14.9 Å². The number of rotatable bonds is 5. The quantitative estimate of drug-likeness (QED) is 0.409. The third-order valence-corrected chi connectivity index (χ3v) is 2.33. The van der Waals surface area contributed by atoms with Crippen molar-refractivity contribution >= 4 is 17.3 Å². The number of hydrogen-bond donors (Lipinski definition) is 3. The van der Waals surface area contributed by atoms with Gasteiger partial charge in [0.2, 0.25) is 0 Å². The number of amides is 1. The number of anilines is 1. The maximum absolute atomic E-state index is 12.9. The van der Waals surface area contributed by atoms with Gasteiger partial charge in [-0.05, 0) is 6.07 Å². The second-order valence-electron chi connectivity index (χ2n) is 3.74. The van der Waals surface area contributed by atoms with Crippen molar-refractivity contribution in [3.05, 3.63) is 33.9 Å². The van der Waals surface area contributed by atoms with Crippen molar-refractivity contribution in [2.24, 2.45) is 5.73 Å². The molecule has 0 unspecified atom stereocenters. The van der Waals surface area contributed by atoms with E-state index in [-0.39, 0.29) is 11.3 Å². The Hall–Kier alpha value is -2.29. The highest BCUT2D eigenvalue weighted by Crippen LogP contribution is 2.24. The molecule has 19 heavy (non-hydrogen) atoms. The Morgan fingerprint density at radius 3 is 2.63 bits per heavy atom. The number of alkyl halides is 2. The maximum atomic E-state index is 12.9. The van der Waals surface area contributed by atoms with Gasteiger partial charge in [0.05, 0.1) is 23.6 Å². The molecule has 0 aliphatic carbocycles. The van der Waals surface area contributed by atoms with Crippen LogP contribution < -0.4 is 16.8 Å². The summed E-state index contributed by atoms with van der Waals surface area (Å²) in [5, 5.41) is 12.5. The van der Waals surface area contributed by atoms with E-state index >= 15 is 0 Å². The van der Waals surface area contributed by atoms with Gasteiger partial charge in [0.15, 0.2) is 0 Å². The molecule has 1 aromatic carbocycles. The van der Waals surface area contributed by atoms with Crippen LogP contribution in [-0.2, 0) is 0 Å². The molecule has 0 aliphatic heterocycles. The molecule has 0 bridgehead atoms. The topological polar surface area (TPSA) is 124 Å². The smallest absolute Gasteiger partial charge is 0.292 e. The fourth-order valence-corrected chi connectivity index (χ4v) is 1.29. The normalized spacial score (nSPS) is 11.1. The molecule has 5 N–H and O–H groups in total. The molecule has 1 amide bonds. The number of nitrogens with one attached hydrogen (secondary N) is 1. The molecule has 1 aromatic rings. The van der Waals surface area contributed by atoms with Crippen LogP contribution in [0.5, 0.6) is 0 Å². The maximum Gasteiger partial charge on any atom is 0.292 e. The van der Waals surface area contributed by atoms with Crippen molar-refractivity contribution in [2.75, 3.05) is 18.8 Å². The predicted octanol–water partition coefficient (Wildman–Crippen LogP) is 0.501. The number of para-hydroxylation sites is 1. The number of carbonyl (C=O) groups excluding carboxylic acids is 1. The van der Waals surface area contributed by atoms with Gasteiger partial charge in [-0.2, -0.15) is 0 Å². The summed E-state index contributed by atoms with van der Waals surface area (Å²) in [4.78, 5) is 21.5. The molecule has 0 radical (unpaired) electrons. The molecule has 0 spiro atoms. The highest BCUT2D eigenvalue weighted by molar-refractivity contribution is 6.00. The van der Waals surface area contributed by atoms with Gasteiger partial charge in [-0.15, -0.1) is 0 Å². The number of nitrogens with two attached hydrogens (primary N) is 2.